The number of anilines is 1. The molecule has 1 fully saturated rings. The first-order chi connectivity index (χ1) is 9.15. The summed E-state index contributed by atoms with van der Waals surface area (Å²) in [6.45, 7) is 4.44. The van der Waals surface area contributed by atoms with Crippen molar-refractivity contribution in [3.63, 3.8) is 0 Å². The topological polar surface area (TPSA) is 59.3 Å². The standard InChI is InChI=1S/C15H21N3O/c1-11-10-18(6-5-15(11)19)14-4-3-12(9-17-2)7-13(14)8-16/h3-4,7,11,15,17,19H,5-6,9-10H2,1-2H3. The monoisotopic (exact) mass is 259 g/mol. The van der Waals surface area contributed by atoms with E-state index in [0.717, 1.165) is 42.9 Å². The molecule has 4 nitrogen and oxygen atoms in total. The first kappa shape index (κ1) is 13.9. The summed E-state index contributed by atoms with van der Waals surface area (Å²) in [5.41, 5.74) is 2.82. The van der Waals surface area contributed by atoms with Crippen LogP contribution in [0.25, 0.3) is 0 Å². The molecule has 0 aromatic heterocycles. The number of hydrogen-bond donors (Lipinski definition) is 2. The van der Waals surface area contributed by atoms with Gasteiger partial charge in [-0.1, -0.05) is 13.0 Å². The summed E-state index contributed by atoms with van der Waals surface area (Å²) in [6.07, 6.45) is 0.551. The van der Waals surface area contributed by atoms with Gasteiger partial charge in [0, 0.05) is 19.6 Å². The van der Waals surface area contributed by atoms with Crippen LogP contribution >= 0.6 is 0 Å². The number of nitrogens with zero attached hydrogens (tertiary/aromatic N) is 2. The predicted molar refractivity (Wildman–Crippen MR) is 75.9 cm³/mol. The van der Waals surface area contributed by atoms with Crippen molar-refractivity contribution in [1.29, 1.82) is 5.26 Å². The first-order valence-electron chi connectivity index (χ1n) is 6.76. The minimum atomic E-state index is -0.217. The fraction of sp³-hybridized carbons (Fsp3) is 0.533. The normalized spacial score (nSPS) is 23.2. The SMILES string of the molecule is CNCc1ccc(N2CCC(O)C(C)C2)c(C#N)c1. The van der Waals surface area contributed by atoms with Gasteiger partial charge in [0.2, 0.25) is 0 Å². The molecular formula is C15H21N3O. The zero-order valence-electron chi connectivity index (χ0n) is 11.6. The molecule has 0 spiro atoms. The van der Waals surface area contributed by atoms with Crippen LogP contribution in [-0.4, -0.2) is 31.3 Å². The minimum Gasteiger partial charge on any atom is -0.393 e. The van der Waals surface area contributed by atoms with Gasteiger partial charge in [-0.3, -0.25) is 0 Å². The number of nitriles is 1. The lowest BCUT2D eigenvalue weighted by Crippen LogP contribution is -2.42. The summed E-state index contributed by atoms with van der Waals surface area (Å²) in [4.78, 5) is 2.21. The van der Waals surface area contributed by atoms with E-state index >= 15 is 0 Å². The minimum absolute atomic E-state index is 0.217. The Labute approximate surface area is 114 Å². The smallest absolute Gasteiger partial charge is 0.101 e. The quantitative estimate of drug-likeness (QED) is 0.863. The van der Waals surface area contributed by atoms with Crippen LogP contribution in [0.4, 0.5) is 5.69 Å². The van der Waals surface area contributed by atoms with Gasteiger partial charge in [0.15, 0.2) is 0 Å². The Morgan fingerprint density at radius 1 is 1.53 bits per heavy atom. The van der Waals surface area contributed by atoms with Gasteiger partial charge in [0.25, 0.3) is 0 Å². The van der Waals surface area contributed by atoms with E-state index in [1.807, 2.05) is 19.2 Å². The Kier molecular flexibility index (Phi) is 4.41. The predicted octanol–water partition coefficient (Wildman–Crippen LogP) is 1.48. The molecule has 1 aromatic carbocycles. The van der Waals surface area contributed by atoms with E-state index in [4.69, 9.17) is 0 Å². The molecule has 1 aliphatic rings. The second kappa shape index (κ2) is 6.05. The zero-order chi connectivity index (χ0) is 13.8. The average molecular weight is 259 g/mol. The van der Waals surface area contributed by atoms with Crippen molar-refractivity contribution in [3.8, 4) is 6.07 Å². The molecule has 2 N–H and O–H groups in total. The van der Waals surface area contributed by atoms with Gasteiger partial charge < -0.3 is 15.3 Å². The largest absolute Gasteiger partial charge is 0.393 e. The van der Waals surface area contributed by atoms with E-state index < -0.39 is 0 Å². The Hall–Kier alpha value is -1.57. The fourth-order valence-electron chi connectivity index (χ4n) is 2.61. The molecule has 0 radical (unpaired) electrons. The molecule has 0 bridgehead atoms. The Morgan fingerprint density at radius 2 is 2.32 bits per heavy atom. The van der Waals surface area contributed by atoms with E-state index in [-0.39, 0.29) is 12.0 Å². The number of rotatable bonds is 3. The molecule has 1 heterocycles. The summed E-state index contributed by atoms with van der Waals surface area (Å²) in [7, 11) is 1.90. The molecule has 1 saturated heterocycles. The molecule has 2 atom stereocenters. The number of benzene rings is 1. The average Bonchev–Trinajstić information content (AvgIpc) is 2.42. The Balaban J connectivity index is 2.22. The molecule has 102 valence electrons. The number of aliphatic hydroxyl groups excluding tert-OH is 1. The second-order valence-corrected chi connectivity index (χ2v) is 5.27. The fourth-order valence-corrected chi connectivity index (χ4v) is 2.61. The molecular weight excluding hydrogens is 238 g/mol. The molecule has 0 saturated carbocycles. The van der Waals surface area contributed by atoms with E-state index in [1.165, 1.54) is 0 Å². The van der Waals surface area contributed by atoms with Gasteiger partial charge in [-0.15, -0.1) is 0 Å². The molecule has 1 aromatic rings. The summed E-state index contributed by atoms with van der Waals surface area (Å²) >= 11 is 0. The molecule has 19 heavy (non-hydrogen) atoms. The van der Waals surface area contributed by atoms with Crippen molar-refractivity contribution < 1.29 is 5.11 Å². The van der Waals surface area contributed by atoms with E-state index in [1.54, 1.807) is 0 Å². The van der Waals surface area contributed by atoms with Gasteiger partial charge in [0.1, 0.15) is 6.07 Å². The maximum Gasteiger partial charge on any atom is 0.101 e. The van der Waals surface area contributed by atoms with Crippen LogP contribution in [0, 0.1) is 17.2 Å². The third-order valence-corrected chi connectivity index (χ3v) is 3.76. The highest BCUT2D eigenvalue weighted by Crippen LogP contribution is 2.27. The lowest BCUT2D eigenvalue weighted by Gasteiger charge is -2.36. The molecule has 0 aliphatic carbocycles. The van der Waals surface area contributed by atoms with Crippen molar-refractivity contribution in [1.82, 2.24) is 5.32 Å². The van der Waals surface area contributed by atoms with Crippen LogP contribution in [0.15, 0.2) is 18.2 Å². The van der Waals surface area contributed by atoms with Gasteiger partial charge in [-0.25, -0.2) is 0 Å². The maximum absolute atomic E-state index is 9.78. The van der Waals surface area contributed by atoms with Crippen LogP contribution < -0.4 is 10.2 Å². The van der Waals surface area contributed by atoms with Crippen molar-refractivity contribution >= 4 is 5.69 Å². The lowest BCUT2D eigenvalue weighted by atomic mass is 9.95. The van der Waals surface area contributed by atoms with Crippen molar-refractivity contribution in [2.75, 3.05) is 25.0 Å². The van der Waals surface area contributed by atoms with Crippen LogP contribution in [0.2, 0.25) is 0 Å². The number of piperidine rings is 1. The van der Waals surface area contributed by atoms with Gasteiger partial charge >= 0.3 is 0 Å². The van der Waals surface area contributed by atoms with Crippen LogP contribution in [0.3, 0.4) is 0 Å². The Bertz CT molecular complexity index is 481. The summed E-state index contributed by atoms with van der Waals surface area (Å²) in [5, 5.41) is 22.2. The zero-order valence-corrected chi connectivity index (χ0v) is 11.6. The summed E-state index contributed by atoms with van der Waals surface area (Å²) < 4.78 is 0. The summed E-state index contributed by atoms with van der Waals surface area (Å²) in [6, 6.07) is 8.31. The molecule has 2 unspecified atom stereocenters. The highest BCUT2D eigenvalue weighted by atomic mass is 16.3. The molecule has 4 heteroatoms. The highest BCUT2D eigenvalue weighted by Gasteiger charge is 2.25. The molecule has 1 aliphatic heterocycles. The number of aliphatic hydroxyl groups is 1. The Morgan fingerprint density at radius 3 is 2.95 bits per heavy atom. The van der Waals surface area contributed by atoms with Crippen molar-refractivity contribution in [3.05, 3.63) is 29.3 Å². The van der Waals surface area contributed by atoms with Crippen LogP contribution in [0.5, 0.6) is 0 Å². The third kappa shape index (κ3) is 3.06. The maximum atomic E-state index is 9.78. The lowest BCUT2D eigenvalue weighted by molar-refractivity contribution is 0.0971. The van der Waals surface area contributed by atoms with E-state index in [2.05, 4.69) is 29.3 Å². The van der Waals surface area contributed by atoms with Gasteiger partial charge in [-0.05, 0) is 37.1 Å². The van der Waals surface area contributed by atoms with Crippen molar-refractivity contribution in [2.45, 2.75) is 26.0 Å². The highest BCUT2D eigenvalue weighted by molar-refractivity contribution is 5.60. The molecule has 0 amide bonds. The van der Waals surface area contributed by atoms with Crippen LogP contribution in [-0.2, 0) is 6.54 Å². The number of hydrogen-bond acceptors (Lipinski definition) is 4. The van der Waals surface area contributed by atoms with Crippen LogP contribution in [0.1, 0.15) is 24.5 Å². The number of nitrogens with one attached hydrogen (secondary N) is 1. The summed E-state index contributed by atoms with van der Waals surface area (Å²) in [5.74, 6) is 0.247. The molecule has 2 rings (SSSR count). The van der Waals surface area contributed by atoms with E-state index in [0.29, 0.717) is 0 Å². The second-order valence-electron chi connectivity index (χ2n) is 5.27. The third-order valence-electron chi connectivity index (χ3n) is 3.76. The van der Waals surface area contributed by atoms with E-state index in [9.17, 15) is 10.4 Å². The van der Waals surface area contributed by atoms with Crippen molar-refractivity contribution in [2.24, 2.45) is 5.92 Å². The first-order valence-corrected chi connectivity index (χ1v) is 6.76. The van der Waals surface area contributed by atoms with Gasteiger partial charge in [-0.2, -0.15) is 5.26 Å². The van der Waals surface area contributed by atoms with Gasteiger partial charge in [0.05, 0.1) is 17.4 Å².